The van der Waals surface area contributed by atoms with Crippen LogP contribution in [0.25, 0.3) is 0 Å². The topological polar surface area (TPSA) is 111 Å². The van der Waals surface area contributed by atoms with Crippen LogP contribution < -0.4 is 15.6 Å². The maximum atomic E-state index is 12.8. The van der Waals surface area contributed by atoms with Gasteiger partial charge in [0.2, 0.25) is 5.91 Å². The van der Waals surface area contributed by atoms with Crippen LogP contribution >= 0.6 is 44.1 Å². The fourth-order valence-corrected chi connectivity index (χ4v) is 4.07. The van der Waals surface area contributed by atoms with Crippen LogP contribution in [0.4, 0.5) is 5.69 Å². The van der Waals surface area contributed by atoms with Crippen LogP contribution in [-0.2, 0) is 9.59 Å². The zero-order valence-electron chi connectivity index (χ0n) is 15.3. The SMILES string of the molecule is Cc1ccc(N2C(=O)[C@@H](/C=N/NC(=O)c3cc(Br)c(O)c(Br)c3)C(=O)NC2=S)cc1. The summed E-state index contributed by atoms with van der Waals surface area (Å²) in [6.07, 6.45) is 1.04. The fraction of sp³-hybridized carbons (Fsp3) is 0.105. The number of aromatic hydroxyl groups is 1. The molecule has 30 heavy (non-hydrogen) atoms. The number of nitrogens with one attached hydrogen (secondary N) is 2. The molecule has 3 amide bonds. The molecule has 154 valence electrons. The summed E-state index contributed by atoms with van der Waals surface area (Å²) in [6, 6.07) is 9.88. The highest BCUT2D eigenvalue weighted by Crippen LogP contribution is 2.33. The molecule has 11 heteroatoms. The van der Waals surface area contributed by atoms with Gasteiger partial charge in [0, 0.05) is 11.8 Å². The summed E-state index contributed by atoms with van der Waals surface area (Å²) < 4.78 is 0.630. The van der Waals surface area contributed by atoms with Crippen LogP contribution in [0.15, 0.2) is 50.4 Å². The molecule has 0 aromatic heterocycles. The van der Waals surface area contributed by atoms with E-state index in [1.807, 2.05) is 19.1 Å². The number of rotatable bonds is 4. The second-order valence-corrected chi connectivity index (χ2v) is 8.38. The number of aryl methyl sites for hydroxylation is 1. The minimum Gasteiger partial charge on any atom is -0.506 e. The molecule has 1 aliphatic heterocycles. The Kier molecular flexibility index (Phi) is 6.64. The molecule has 2 aromatic carbocycles. The van der Waals surface area contributed by atoms with E-state index in [0.717, 1.165) is 11.8 Å². The van der Waals surface area contributed by atoms with Crippen molar-refractivity contribution in [1.29, 1.82) is 0 Å². The van der Waals surface area contributed by atoms with Gasteiger partial charge in [-0.1, -0.05) is 17.7 Å². The zero-order valence-corrected chi connectivity index (χ0v) is 19.3. The Bertz CT molecular complexity index is 1070. The lowest BCUT2D eigenvalue weighted by Gasteiger charge is -2.30. The van der Waals surface area contributed by atoms with Crippen LogP contribution in [0.2, 0.25) is 0 Å². The molecular formula is C19H14Br2N4O4S. The number of phenols is 1. The monoisotopic (exact) mass is 552 g/mol. The van der Waals surface area contributed by atoms with Gasteiger partial charge in [0.1, 0.15) is 5.75 Å². The summed E-state index contributed by atoms with van der Waals surface area (Å²) in [4.78, 5) is 38.5. The molecule has 0 saturated carbocycles. The number of nitrogens with zero attached hydrogens (tertiary/aromatic N) is 2. The summed E-state index contributed by atoms with van der Waals surface area (Å²) in [5.41, 5.74) is 3.97. The molecule has 2 aromatic rings. The quantitative estimate of drug-likeness (QED) is 0.233. The van der Waals surface area contributed by atoms with Crippen molar-refractivity contribution in [2.45, 2.75) is 6.92 Å². The molecule has 3 N–H and O–H groups in total. The van der Waals surface area contributed by atoms with Gasteiger partial charge in [-0.05, 0) is 75.3 Å². The smallest absolute Gasteiger partial charge is 0.271 e. The molecule has 8 nitrogen and oxygen atoms in total. The van der Waals surface area contributed by atoms with Gasteiger partial charge in [-0.2, -0.15) is 5.10 Å². The molecular weight excluding hydrogens is 540 g/mol. The van der Waals surface area contributed by atoms with Crippen LogP contribution in [0.5, 0.6) is 5.75 Å². The number of thiocarbonyl (C=S) groups is 1. The van der Waals surface area contributed by atoms with E-state index in [1.165, 1.54) is 17.0 Å². The molecule has 1 fully saturated rings. The third-order valence-electron chi connectivity index (χ3n) is 4.16. The normalized spacial score (nSPS) is 16.7. The Morgan fingerprint density at radius 1 is 1.23 bits per heavy atom. The zero-order chi connectivity index (χ0) is 22.0. The Morgan fingerprint density at radius 2 is 1.83 bits per heavy atom. The van der Waals surface area contributed by atoms with E-state index in [4.69, 9.17) is 12.2 Å². The highest BCUT2D eigenvalue weighted by molar-refractivity contribution is 9.11. The molecule has 0 radical (unpaired) electrons. The third-order valence-corrected chi connectivity index (χ3v) is 5.66. The molecule has 0 spiro atoms. The van der Waals surface area contributed by atoms with E-state index in [2.05, 4.69) is 47.7 Å². The van der Waals surface area contributed by atoms with Crippen molar-refractivity contribution in [2.75, 3.05) is 4.90 Å². The first-order valence-electron chi connectivity index (χ1n) is 8.46. The average molecular weight is 554 g/mol. The number of halogens is 2. The Morgan fingerprint density at radius 3 is 2.43 bits per heavy atom. The molecule has 1 heterocycles. The lowest BCUT2D eigenvalue weighted by Crippen LogP contribution is -2.58. The predicted octanol–water partition coefficient (Wildman–Crippen LogP) is 3.01. The van der Waals surface area contributed by atoms with E-state index in [-0.39, 0.29) is 16.4 Å². The van der Waals surface area contributed by atoms with Gasteiger partial charge in [-0.3, -0.25) is 19.3 Å². The van der Waals surface area contributed by atoms with E-state index in [9.17, 15) is 19.5 Å². The number of carbonyl (C=O) groups excluding carboxylic acids is 3. The number of hydrogen-bond donors (Lipinski definition) is 3. The van der Waals surface area contributed by atoms with Crippen molar-refractivity contribution in [3.05, 3.63) is 56.5 Å². The number of benzene rings is 2. The number of carbonyl (C=O) groups is 3. The van der Waals surface area contributed by atoms with E-state index < -0.39 is 23.6 Å². The average Bonchev–Trinajstić information content (AvgIpc) is 2.69. The van der Waals surface area contributed by atoms with Gasteiger partial charge in [0.15, 0.2) is 11.0 Å². The second kappa shape index (κ2) is 9.02. The van der Waals surface area contributed by atoms with Crippen molar-refractivity contribution in [1.82, 2.24) is 10.7 Å². The van der Waals surface area contributed by atoms with Gasteiger partial charge in [-0.15, -0.1) is 0 Å². The summed E-state index contributed by atoms with van der Waals surface area (Å²) in [6.45, 7) is 1.91. The minimum atomic E-state index is -1.27. The number of phenolic OH excluding ortho intramolecular Hbond substituents is 1. The number of hydrazone groups is 1. The molecule has 0 aliphatic carbocycles. The van der Waals surface area contributed by atoms with Crippen LogP contribution in [0.1, 0.15) is 15.9 Å². The Balaban J connectivity index is 1.76. The molecule has 0 unspecified atom stereocenters. The molecule has 3 rings (SSSR count). The molecule has 1 aliphatic rings. The number of anilines is 1. The van der Waals surface area contributed by atoms with Gasteiger partial charge >= 0.3 is 0 Å². The first-order valence-corrected chi connectivity index (χ1v) is 10.5. The Labute approximate surface area is 193 Å². The van der Waals surface area contributed by atoms with Gasteiger partial charge < -0.3 is 10.4 Å². The van der Waals surface area contributed by atoms with Crippen molar-refractivity contribution >= 4 is 78.8 Å². The molecule has 1 atom stereocenters. The highest BCUT2D eigenvalue weighted by atomic mass is 79.9. The summed E-state index contributed by atoms with van der Waals surface area (Å²) >= 11 is 11.4. The lowest BCUT2D eigenvalue weighted by atomic mass is 10.1. The van der Waals surface area contributed by atoms with Crippen molar-refractivity contribution in [3.63, 3.8) is 0 Å². The summed E-state index contributed by atoms with van der Waals surface area (Å²) in [5, 5.41) is 15.9. The van der Waals surface area contributed by atoms with Gasteiger partial charge in [0.05, 0.1) is 14.6 Å². The molecule has 1 saturated heterocycles. The third kappa shape index (κ3) is 4.58. The van der Waals surface area contributed by atoms with E-state index in [1.54, 1.807) is 12.1 Å². The minimum absolute atomic E-state index is 0.0265. The van der Waals surface area contributed by atoms with Crippen LogP contribution in [0, 0.1) is 12.8 Å². The number of hydrogen-bond acceptors (Lipinski definition) is 6. The van der Waals surface area contributed by atoms with Gasteiger partial charge in [-0.25, -0.2) is 5.43 Å². The van der Waals surface area contributed by atoms with Crippen LogP contribution in [-0.4, -0.2) is 34.2 Å². The maximum Gasteiger partial charge on any atom is 0.271 e. The lowest BCUT2D eigenvalue weighted by molar-refractivity contribution is -0.130. The highest BCUT2D eigenvalue weighted by Gasteiger charge is 2.38. The first kappa shape index (κ1) is 22.1. The van der Waals surface area contributed by atoms with Crippen LogP contribution in [0.3, 0.4) is 0 Å². The first-order chi connectivity index (χ1) is 14.2. The van der Waals surface area contributed by atoms with Gasteiger partial charge in [0.25, 0.3) is 11.8 Å². The summed E-state index contributed by atoms with van der Waals surface area (Å²) in [7, 11) is 0. The predicted molar refractivity (Wildman–Crippen MR) is 122 cm³/mol. The molecule has 0 bridgehead atoms. The van der Waals surface area contributed by atoms with Crippen molar-refractivity contribution < 1.29 is 19.5 Å². The van der Waals surface area contributed by atoms with Crippen molar-refractivity contribution in [2.24, 2.45) is 11.0 Å². The fourth-order valence-electron chi connectivity index (χ4n) is 2.59. The number of amides is 3. The second-order valence-electron chi connectivity index (χ2n) is 6.29. The largest absolute Gasteiger partial charge is 0.506 e. The summed E-state index contributed by atoms with van der Waals surface area (Å²) in [5.74, 6) is -3.13. The Hall–Kier alpha value is -2.63. The maximum absolute atomic E-state index is 12.8. The van der Waals surface area contributed by atoms with E-state index in [0.29, 0.717) is 14.6 Å². The van der Waals surface area contributed by atoms with Crippen molar-refractivity contribution in [3.8, 4) is 5.75 Å². The van der Waals surface area contributed by atoms with E-state index >= 15 is 0 Å². The standard InChI is InChI=1S/C19H14Br2N4O4S/c1-9-2-4-11(5-3-9)25-18(29)12(17(28)23-19(25)30)8-22-24-16(27)10-6-13(20)15(26)14(21)7-10/h2-8,12,26H,1H3,(H,24,27)(H,23,28,30)/b22-8+/t12-/m0/s1.